The summed E-state index contributed by atoms with van der Waals surface area (Å²) in [7, 11) is 1.99. The standard InChI is InChI=1S/C7H15NO/c1-4-7-5-8(3)9-6(7)2/h6-7H,4-5H2,1-3H3. The Labute approximate surface area is 56.8 Å². The lowest BCUT2D eigenvalue weighted by atomic mass is 10.0. The molecule has 0 aliphatic carbocycles. The third kappa shape index (κ3) is 1.43. The quantitative estimate of drug-likeness (QED) is 0.528. The lowest BCUT2D eigenvalue weighted by molar-refractivity contribution is -0.122. The van der Waals surface area contributed by atoms with Crippen molar-refractivity contribution in [3.05, 3.63) is 0 Å². The topological polar surface area (TPSA) is 12.5 Å². The maximum atomic E-state index is 5.40. The van der Waals surface area contributed by atoms with E-state index in [2.05, 4.69) is 13.8 Å². The van der Waals surface area contributed by atoms with Crippen LogP contribution in [0.3, 0.4) is 0 Å². The molecule has 54 valence electrons. The van der Waals surface area contributed by atoms with E-state index in [9.17, 15) is 0 Å². The molecule has 1 aliphatic rings. The van der Waals surface area contributed by atoms with Crippen molar-refractivity contribution in [2.24, 2.45) is 5.92 Å². The Hall–Kier alpha value is -0.0800. The summed E-state index contributed by atoms with van der Waals surface area (Å²) in [6.07, 6.45) is 1.66. The molecule has 0 N–H and O–H groups in total. The average molecular weight is 129 g/mol. The van der Waals surface area contributed by atoms with E-state index in [0.29, 0.717) is 6.10 Å². The minimum Gasteiger partial charge on any atom is -0.296 e. The fourth-order valence-corrected chi connectivity index (χ4v) is 1.35. The molecule has 1 fully saturated rings. The first-order valence-corrected chi connectivity index (χ1v) is 3.62. The number of hydrogen-bond donors (Lipinski definition) is 0. The molecule has 1 rings (SSSR count). The molecule has 0 spiro atoms. The summed E-state index contributed by atoms with van der Waals surface area (Å²) in [6.45, 7) is 5.44. The SMILES string of the molecule is CCC1CN(C)OC1C. The first-order valence-electron chi connectivity index (χ1n) is 3.62. The van der Waals surface area contributed by atoms with Gasteiger partial charge in [-0.15, -0.1) is 0 Å². The molecule has 2 heteroatoms. The van der Waals surface area contributed by atoms with Gasteiger partial charge in [0, 0.05) is 19.5 Å². The smallest absolute Gasteiger partial charge is 0.0806 e. The summed E-state index contributed by atoms with van der Waals surface area (Å²) >= 11 is 0. The Kier molecular flexibility index (Phi) is 2.09. The van der Waals surface area contributed by atoms with Gasteiger partial charge in [0.25, 0.3) is 0 Å². The van der Waals surface area contributed by atoms with Crippen LogP contribution in [0.4, 0.5) is 0 Å². The lowest BCUT2D eigenvalue weighted by Crippen LogP contribution is -2.12. The molecule has 0 radical (unpaired) electrons. The first kappa shape index (κ1) is 7.03. The Morgan fingerprint density at radius 3 is 2.56 bits per heavy atom. The minimum absolute atomic E-state index is 0.431. The van der Waals surface area contributed by atoms with E-state index in [-0.39, 0.29) is 0 Å². The molecule has 1 heterocycles. The fourth-order valence-electron chi connectivity index (χ4n) is 1.35. The molecule has 0 saturated carbocycles. The number of hydrogen-bond acceptors (Lipinski definition) is 2. The predicted octanol–water partition coefficient (Wildman–Crippen LogP) is 1.28. The van der Waals surface area contributed by atoms with Crippen molar-refractivity contribution in [1.82, 2.24) is 5.06 Å². The normalized spacial score (nSPS) is 37.7. The Morgan fingerprint density at radius 1 is 1.67 bits per heavy atom. The molecule has 1 aliphatic heterocycles. The maximum absolute atomic E-state index is 5.40. The molecule has 9 heavy (non-hydrogen) atoms. The summed E-state index contributed by atoms with van der Waals surface area (Å²) in [4.78, 5) is 5.40. The van der Waals surface area contributed by atoms with Crippen LogP contribution in [0.5, 0.6) is 0 Å². The van der Waals surface area contributed by atoms with Crippen LogP contribution < -0.4 is 0 Å². The van der Waals surface area contributed by atoms with Gasteiger partial charge in [-0.3, -0.25) is 4.84 Å². The summed E-state index contributed by atoms with van der Waals surface area (Å²) in [5.74, 6) is 0.745. The fraction of sp³-hybridized carbons (Fsp3) is 1.00. The summed E-state index contributed by atoms with van der Waals surface area (Å²) in [5.41, 5.74) is 0. The largest absolute Gasteiger partial charge is 0.296 e. The molecule has 0 aromatic rings. The predicted molar refractivity (Wildman–Crippen MR) is 37.0 cm³/mol. The summed E-state index contributed by atoms with van der Waals surface area (Å²) in [5, 5.41) is 1.93. The van der Waals surface area contributed by atoms with Crippen molar-refractivity contribution >= 4 is 0 Å². The monoisotopic (exact) mass is 129 g/mol. The molecule has 2 nitrogen and oxygen atoms in total. The van der Waals surface area contributed by atoms with E-state index in [0.717, 1.165) is 12.5 Å². The second-order valence-corrected chi connectivity index (χ2v) is 2.79. The third-order valence-corrected chi connectivity index (χ3v) is 2.03. The highest BCUT2D eigenvalue weighted by Crippen LogP contribution is 2.20. The van der Waals surface area contributed by atoms with Crippen molar-refractivity contribution in [2.75, 3.05) is 13.6 Å². The van der Waals surface area contributed by atoms with Gasteiger partial charge in [-0.05, 0) is 13.3 Å². The van der Waals surface area contributed by atoms with E-state index in [4.69, 9.17) is 4.84 Å². The molecule has 2 unspecified atom stereocenters. The number of rotatable bonds is 1. The van der Waals surface area contributed by atoms with Gasteiger partial charge >= 0.3 is 0 Å². The molecule has 2 atom stereocenters. The highest BCUT2D eigenvalue weighted by atomic mass is 16.7. The molecular weight excluding hydrogens is 114 g/mol. The number of nitrogens with zero attached hydrogens (tertiary/aromatic N) is 1. The van der Waals surface area contributed by atoms with Crippen LogP contribution in [0, 0.1) is 5.92 Å². The molecule has 0 aromatic heterocycles. The van der Waals surface area contributed by atoms with Gasteiger partial charge in [0.1, 0.15) is 0 Å². The molecule has 0 amide bonds. The molecule has 0 aromatic carbocycles. The highest BCUT2D eigenvalue weighted by Gasteiger charge is 2.26. The molecule has 0 bridgehead atoms. The lowest BCUT2D eigenvalue weighted by Gasteiger charge is -2.07. The maximum Gasteiger partial charge on any atom is 0.0806 e. The van der Waals surface area contributed by atoms with Crippen LogP contribution in [0.15, 0.2) is 0 Å². The Balaban J connectivity index is 2.38. The van der Waals surface area contributed by atoms with Gasteiger partial charge in [-0.2, -0.15) is 5.06 Å². The van der Waals surface area contributed by atoms with Crippen molar-refractivity contribution in [2.45, 2.75) is 26.4 Å². The van der Waals surface area contributed by atoms with E-state index in [1.54, 1.807) is 0 Å². The molecule has 1 saturated heterocycles. The van der Waals surface area contributed by atoms with Crippen molar-refractivity contribution in [3.63, 3.8) is 0 Å². The van der Waals surface area contributed by atoms with Crippen LogP contribution in [0.25, 0.3) is 0 Å². The van der Waals surface area contributed by atoms with Gasteiger partial charge in [-0.25, -0.2) is 0 Å². The number of hydroxylamine groups is 2. The third-order valence-electron chi connectivity index (χ3n) is 2.03. The molecular formula is C7H15NO. The van der Waals surface area contributed by atoms with Crippen LogP contribution in [-0.2, 0) is 4.84 Å². The zero-order valence-electron chi connectivity index (χ0n) is 6.42. The van der Waals surface area contributed by atoms with Crippen LogP contribution in [0.1, 0.15) is 20.3 Å². The van der Waals surface area contributed by atoms with Crippen LogP contribution in [0.2, 0.25) is 0 Å². The first-order chi connectivity index (χ1) is 4.24. The van der Waals surface area contributed by atoms with E-state index < -0.39 is 0 Å². The average Bonchev–Trinajstić information content (AvgIpc) is 2.10. The van der Waals surface area contributed by atoms with Gasteiger partial charge in [0.05, 0.1) is 6.10 Å². The van der Waals surface area contributed by atoms with Gasteiger partial charge < -0.3 is 0 Å². The van der Waals surface area contributed by atoms with Crippen molar-refractivity contribution in [3.8, 4) is 0 Å². The van der Waals surface area contributed by atoms with Crippen molar-refractivity contribution in [1.29, 1.82) is 0 Å². The van der Waals surface area contributed by atoms with Crippen LogP contribution >= 0.6 is 0 Å². The second-order valence-electron chi connectivity index (χ2n) is 2.79. The van der Waals surface area contributed by atoms with Crippen molar-refractivity contribution < 1.29 is 4.84 Å². The van der Waals surface area contributed by atoms with Gasteiger partial charge in [0.2, 0.25) is 0 Å². The van der Waals surface area contributed by atoms with Gasteiger partial charge in [-0.1, -0.05) is 6.92 Å². The van der Waals surface area contributed by atoms with E-state index in [1.165, 1.54) is 6.42 Å². The highest BCUT2D eigenvalue weighted by molar-refractivity contribution is 4.70. The van der Waals surface area contributed by atoms with Crippen LogP contribution in [-0.4, -0.2) is 24.8 Å². The minimum atomic E-state index is 0.431. The Bertz CT molecular complexity index is 94.9. The summed E-state index contributed by atoms with van der Waals surface area (Å²) in [6, 6.07) is 0. The zero-order valence-corrected chi connectivity index (χ0v) is 6.42. The van der Waals surface area contributed by atoms with E-state index >= 15 is 0 Å². The second kappa shape index (κ2) is 2.67. The van der Waals surface area contributed by atoms with Gasteiger partial charge in [0.15, 0.2) is 0 Å². The Morgan fingerprint density at radius 2 is 2.33 bits per heavy atom. The van der Waals surface area contributed by atoms with E-state index in [1.807, 2.05) is 12.1 Å². The zero-order chi connectivity index (χ0) is 6.85. The summed E-state index contributed by atoms with van der Waals surface area (Å²) < 4.78 is 0.